The van der Waals surface area contributed by atoms with Crippen molar-refractivity contribution in [1.82, 2.24) is 10.6 Å². The first-order valence-corrected chi connectivity index (χ1v) is 5.91. The van der Waals surface area contributed by atoms with Crippen molar-refractivity contribution in [2.45, 2.75) is 18.9 Å². The molecule has 0 aliphatic rings. The van der Waals surface area contributed by atoms with Crippen LogP contribution >= 0.6 is 0 Å². The number of nitrogens with two attached hydrogens (primary N) is 1. The molecule has 0 fully saturated rings. The number of hydrogen-bond acceptors (Lipinski definition) is 3. The molecule has 2 amide bonds. The molecule has 0 unspecified atom stereocenters. The highest BCUT2D eigenvalue weighted by molar-refractivity contribution is 5.82. The summed E-state index contributed by atoms with van der Waals surface area (Å²) in [6.07, 6.45) is 0.757. The molecular formula is C13H19N3O2. The molecule has 4 N–H and O–H groups in total. The number of nitrogens with one attached hydrogen (secondary N) is 2. The fraction of sp³-hybridized carbons (Fsp3) is 0.385. The van der Waals surface area contributed by atoms with E-state index in [0.717, 1.165) is 5.56 Å². The van der Waals surface area contributed by atoms with E-state index in [0.29, 0.717) is 13.0 Å². The van der Waals surface area contributed by atoms with Gasteiger partial charge in [-0.1, -0.05) is 30.3 Å². The highest BCUT2D eigenvalue weighted by Crippen LogP contribution is 2.01. The van der Waals surface area contributed by atoms with Crippen molar-refractivity contribution in [3.63, 3.8) is 0 Å². The van der Waals surface area contributed by atoms with Gasteiger partial charge in [0, 0.05) is 20.0 Å². The molecule has 0 aliphatic carbocycles. The molecule has 0 radical (unpaired) electrons. The first-order valence-electron chi connectivity index (χ1n) is 5.91. The lowest BCUT2D eigenvalue weighted by Gasteiger charge is -2.12. The topological polar surface area (TPSA) is 84.2 Å². The second-order valence-corrected chi connectivity index (χ2v) is 4.01. The molecule has 1 atom stereocenters. The smallest absolute Gasteiger partial charge is 0.237 e. The zero-order valence-corrected chi connectivity index (χ0v) is 10.5. The average Bonchev–Trinajstić information content (AvgIpc) is 2.39. The van der Waals surface area contributed by atoms with Crippen molar-refractivity contribution in [2.75, 3.05) is 13.6 Å². The Bertz CT molecular complexity index is 392. The molecule has 1 aromatic carbocycles. The van der Waals surface area contributed by atoms with Crippen molar-refractivity contribution < 1.29 is 9.59 Å². The summed E-state index contributed by atoms with van der Waals surface area (Å²) in [7, 11) is 1.56. The Morgan fingerprint density at radius 3 is 2.56 bits per heavy atom. The Balaban J connectivity index is 2.31. The predicted octanol–water partition coefficient (Wildman–Crippen LogP) is -0.191. The van der Waals surface area contributed by atoms with E-state index in [9.17, 15) is 9.59 Å². The Kier molecular flexibility index (Phi) is 5.87. The summed E-state index contributed by atoms with van der Waals surface area (Å²) in [5.74, 6) is -0.338. The first-order chi connectivity index (χ1) is 8.63. The van der Waals surface area contributed by atoms with Crippen molar-refractivity contribution in [3.8, 4) is 0 Å². The van der Waals surface area contributed by atoms with Gasteiger partial charge in [-0.15, -0.1) is 0 Å². The summed E-state index contributed by atoms with van der Waals surface area (Å²) in [5.41, 5.74) is 6.81. The van der Waals surface area contributed by atoms with E-state index in [1.807, 2.05) is 30.3 Å². The summed E-state index contributed by atoms with van der Waals surface area (Å²) >= 11 is 0. The monoisotopic (exact) mass is 249 g/mol. The predicted molar refractivity (Wildman–Crippen MR) is 69.8 cm³/mol. The third-order valence-electron chi connectivity index (χ3n) is 2.57. The molecule has 0 aromatic heterocycles. The van der Waals surface area contributed by atoms with Crippen LogP contribution in [0, 0.1) is 0 Å². The minimum atomic E-state index is -0.586. The molecule has 1 rings (SSSR count). The number of benzene rings is 1. The lowest BCUT2D eigenvalue weighted by molar-refractivity contribution is -0.123. The molecule has 0 aliphatic heterocycles. The zero-order valence-electron chi connectivity index (χ0n) is 10.5. The summed E-state index contributed by atoms with van der Waals surface area (Å²) in [6, 6.07) is 9.00. The summed E-state index contributed by atoms with van der Waals surface area (Å²) in [5, 5.41) is 5.13. The van der Waals surface area contributed by atoms with Crippen molar-refractivity contribution in [2.24, 2.45) is 5.73 Å². The Morgan fingerprint density at radius 1 is 1.28 bits per heavy atom. The van der Waals surface area contributed by atoms with Gasteiger partial charge in [-0.3, -0.25) is 9.59 Å². The number of carbonyl (C=O) groups is 2. The summed E-state index contributed by atoms with van der Waals surface area (Å²) < 4.78 is 0. The van der Waals surface area contributed by atoms with E-state index < -0.39 is 6.04 Å². The molecule has 0 spiro atoms. The van der Waals surface area contributed by atoms with Crippen molar-refractivity contribution in [1.29, 1.82) is 0 Å². The van der Waals surface area contributed by atoms with Crippen LogP contribution in [0.25, 0.3) is 0 Å². The van der Waals surface area contributed by atoms with Gasteiger partial charge in [0.1, 0.15) is 0 Å². The van der Waals surface area contributed by atoms with Gasteiger partial charge < -0.3 is 16.4 Å². The molecule has 0 saturated heterocycles. The van der Waals surface area contributed by atoms with Gasteiger partial charge in [0.05, 0.1) is 6.04 Å². The molecule has 0 saturated carbocycles. The Labute approximate surface area is 107 Å². The third-order valence-corrected chi connectivity index (χ3v) is 2.57. The van der Waals surface area contributed by atoms with Crippen LogP contribution in [0.3, 0.4) is 0 Å². The second-order valence-electron chi connectivity index (χ2n) is 4.01. The standard InChI is InChI=1S/C13H19N3O2/c1-15-12(17)7-8-16-13(18)11(14)9-10-5-3-2-4-6-10/h2-6,11H,7-9,14H2,1H3,(H,15,17)(H,16,18)/t11-/m1/s1. The van der Waals surface area contributed by atoms with E-state index >= 15 is 0 Å². The van der Waals surface area contributed by atoms with Gasteiger partial charge in [-0.25, -0.2) is 0 Å². The molecule has 0 heterocycles. The first kappa shape index (κ1) is 14.2. The van der Waals surface area contributed by atoms with Crippen LogP contribution in [-0.4, -0.2) is 31.4 Å². The maximum absolute atomic E-state index is 11.6. The fourth-order valence-electron chi connectivity index (χ4n) is 1.52. The fourth-order valence-corrected chi connectivity index (χ4v) is 1.52. The van der Waals surface area contributed by atoms with Crippen LogP contribution in [-0.2, 0) is 16.0 Å². The second kappa shape index (κ2) is 7.45. The van der Waals surface area contributed by atoms with Crippen molar-refractivity contribution in [3.05, 3.63) is 35.9 Å². The number of carbonyl (C=O) groups excluding carboxylic acids is 2. The number of hydrogen-bond donors (Lipinski definition) is 3. The highest BCUT2D eigenvalue weighted by Gasteiger charge is 2.13. The van der Waals surface area contributed by atoms with Gasteiger partial charge in [0.25, 0.3) is 0 Å². The van der Waals surface area contributed by atoms with Crippen LogP contribution in [0.2, 0.25) is 0 Å². The Morgan fingerprint density at radius 2 is 1.94 bits per heavy atom. The van der Waals surface area contributed by atoms with Gasteiger partial charge in [0.2, 0.25) is 11.8 Å². The lowest BCUT2D eigenvalue weighted by Crippen LogP contribution is -2.43. The molecule has 5 nitrogen and oxygen atoms in total. The molecule has 18 heavy (non-hydrogen) atoms. The van der Waals surface area contributed by atoms with Crippen LogP contribution in [0.5, 0.6) is 0 Å². The molecule has 5 heteroatoms. The van der Waals surface area contributed by atoms with Crippen LogP contribution in [0.15, 0.2) is 30.3 Å². The maximum atomic E-state index is 11.6. The molecular weight excluding hydrogens is 230 g/mol. The SMILES string of the molecule is CNC(=O)CCNC(=O)[C@H](N)Cc1ccccc1. The molecule has 98 valence electrons. The average molecular weight is 249 g/mol. The van der Waals surface area contributed by atoms with E-state index in [1.54, 1.807) is 7.05 Å². The van der Waals surface area contributed by atoms with E-state index in [1.165, 1.54) is 0 Å². The normalized spacial score (nSPS) is 11.7. The van der Waals surface area contributed by atoms with E-state index in [4.69, 9.17) is 5.73 Å². The summed E-state index contributed by atoms with van der Waals surface area (Å²) in [4.78, 5) is 22.6. The maximum Gasteiger partial charge on any atom is 0.237 e. The number of amides is 2. The van der Waals surface area contributed by atoms with E-state index in [-0.39, 0.29) is 18.2 Å². The quantitative estimate of drug-likeness (QED) is 0.653. The molecule has 0 bridgehead atoms. The lowest BCUT2D eigenvalue weighted by atomic mass is 10.1. The Hall–Kier alpha value is -1.88. The van der Waals surface area contributed by atoms with Gasteiger partial charge >= 0.3 is 0 Å². The van der Waals surface area contributed by atoms with Crippen LogP contribution in [0.4, 0.5) is 0 Å². The van der Waals surface area contributed by atoms with Gasteiger partial charge in [-0.2, -0.15) is 0 Å². The largest absolute Gasteiger partial charge is 0.359 e. The minimum absolute atomic E-state index is 0.105. The highest BCUT2D eigenvalue weighted by atomic mass is 16.2. The van der Waals surface area contributed by atoms with Crippen LogP contribution < -0.4 is 16.4 Å². The number of rotatable bonds is 6. The minimum Gasteiger partial charge on any atom is -0.359 e. The van der Waals surface area contributed by atoms with Gasteiger partial charge in [-0.05, 0) is 12.0 Å². The van der Waals surface area contributed by atoms with E-state index in [2.05, 4.69) is 10.6 Å². The van der Waals surface area contributed by atoms with Crippen LogP contribution in [0.1, 0.15) is 12.0 Å². The zero-order chi connectivity index (χ0) is 13.4. The molecule has 1 aromatic rings. The van der Waals surface area contributed by atoms with Crippen molar-refractivity contribution >= 4 is 11.8 Å². The third kappa shape index (κ3) is 4.97. The van der Waals surface area contributed by atoms with Gasteiger partial charge in [0.15, 0.2) is 0 Å². The summed E-state index contributed by atoms with van der Waals surface area (Å²) in [6.45, 7) is 0.307.